The highest BCUT2D eigenvalue weighted by Crippen LogP contribution is 2.21. The number of nitrogens with two attached hydrogens (primary N) is 2. The second-order valence-electron chi connectivity index (χ2n) is 7.70. The van der Waals surface area contributed by atoms with Gasteiger partial charge in [0.05, 0.1) is 13.2 Å². The third kappa shape index (κ3) is 19.1. The number of carbonyl (C=O) groups excluding carboxylic acids is 4. The third-order valence-electron chi connectivity index (χ3n) is 3.98. The fraction of sp³-hybridized carbons (Fsp3) is 0.364. The van der Waals surface area contributed by atoms with Crippen LogP contribution in [0.3, 0.4) is 0 Å². The van der Waals surface area contributed by atoms with E-state index in [4.69, 9.17) is 46.9 Å². The van der Waals surface area contributed by atoms with Gasteiger partial charge in [0.25, 0.3) is 11.8 Å². The van der Waals surface area contributed by atoms with E-state index in [1.54, 1.807) is 50.5 Å². The molecule has 16 nitrogen and oxygen atoms in total. The summed E-state index contributed by atoms with van der Waals surface area (Å²) in [6.07, 6.45) is 6.38. The Hall–Kier alpha value is -4.42. The van der Waals surface area contributed by atoms with Crippen molar-refractivity contribution in [3.05, 3.63) is 60.2 Å². The first kappa shape index (κ1) is 43.7. The number of pyridine rings is 2. The summed E-state index contributed by atoms with van der Waals surface area (Å²) >= 11 is 0. The lowest BCUT2D eigenvalue weighted by Crippen LogP contribution is -2.40. The molecular weight excluding hydrogens is 690 g/mol. The Morgan fingerprint density at radius 2 is 0.957 bits per heavy atom. The van der Waals surface area contributed by atoms with Gasteiger partial charge in [-0.15, -0.1) is 0 Å². The van der Waals surface area contributed by atoms with E-state index in [1.807, 2.05) is 0 Å². The van der Waals surface area contributed by atoms with Gasteiger partial charge in [-0.1, -0.05) is 0 Å². The van der Waals surface area contributed by atoms with Crippen molar-refractivity contribution in [3.63, 3.8) is 0 Å². The van der Waals surface area contributed by atoms with Crippen LogP contribution in [0, 0.1) is 0 Å². The first-order chi connectivity index (χ1) is 20.8. The number of esters is 2. The van der Waals surface area contributed by atoms with Crippen molar-refractivity contribution in [1.29, 1.82) is 0 Å². The van der Waals surface area contributed by atoms with E-state index in [1.165, 1.54) is 21.5 Å². The Balaban J connectivity index is 0. The van der Waals surface area contributed by atoms with Crippen molar-refractivity contribution in [2.45, 2.75) is 38.0 Å². The molecule has 0 aliphatic rings. The van der Waals surface area contributed by atoms with Gasteiger partial charge >= 0.3 is 23.0 Å². The van der Waals surface area contributed by atoms with Gasteiger partial charge in [0.1, 0.15) is 11.1 Å². The van der Waals surface area contributed by atoms with E-state index >= 15 is 0 Å². The molecule has 46 heavy (non-hydrogen) atoms. The van der Waals surface area contributed by atoms with Crippen LogP contribution in [0.4, 0.5) is 26.3 Å². The fourth-order valence-corrected chi connectivity index (χ4v) is 2.27. The minimum absolute atomic E-state index is 0.0489. The summed E-state index contributed by atoms with van der Waals surface area (Å²) < 4.78 is 131. The highest BCUT2D eigenvalue weighted by atomic mass is 32.2. The molecule has 0 fully saturated rings. The van der Waals surface area contributed by atoms with Gasteiger partial charge in [-0.3, -0.25) is 9.59 Å². The zero-order valence-corrected chi connectivity index (χ0v) is 25.1. The van der Waals surface area contributed by atoms with Gasteiger partial charge < -0.3 is 30.0 Å². The molecule has 2 aromatic heterocycles. The van der Waals surface area contributed by atoms with E-state index in [-0.39, 0.29) is 13.1 Å². The zero-order chi connectivity index (χ0) is 36.5. The summed E-state index contributed by atoms with van der Waals surface area (Å²) in [6.45, 7) is 4.21. The Labute approximate surface area is 257 Å². The van der Waals surface area contributed by atoms with Crippen molar-refractivity contribution in [1.82, 2.24) is 0 Å². The maximum Gasteiger partial charge on any atom is 0.485 e. The van der Waals surface area contributed by atoms with Gasteiger partial charge in [0, 0.05) is 12.1 Å². The molecule has 0 unspecified atom stereocenters. The normalized spacial score (nSPS) is 11.2. The van der Waals surface area contributed by atoms with E-state index in [0.717, 1.165) is 0 Å². The van der Waals surface area contributed by atoms with Crippen molar-refractivity contribution >= 4 is 44.0 Å². The molecule has 0 aliphatic carbocycles. The number of amides is 2. The predicted molar refractivity (Wildman–Crippen MR) is 135 cm³/mol. The number of alkyl halides is 6. The maximum atomic E-state index is 11.3. The van der Waals surface area contributed by atoms with Crippen LogP contribution in [0.5, 0.6) is 0 Å². The quantitative estimate of drug-likeness (QED) is 0.114. The van der Waals surface area contributed by atoms with Crippen LogP contribution < -0.4 is 20.6 Å². The number of nitrogens with zero attached hydrogens (tertiary/aromatic N) is 2. The molecule has 2 heterocycles. The molecule has 0 aromatic carbocycles. The Kier molecular flexibility index (Phi) is 18.2. The highest BCUT2D eigenvalue weighted by Gasteiger charge is 2.37. The second-order valence-corrected chi connectivity index (χ2v) is 10.4. The summed E-state index contributed by atoms with van der Waals surface area (Å²) in [7, 11) is -12.2. The maximum absolute atomic E-state index is 11.3. The average molecular weight is 717 g/mol. The van der Waals surface area contributed by atoms with Crippen LogP contribution in [0.2, 0.25) is 0 Å². The molecule has 0 atom stereocenters. The van der Waals surface area contributed by atoms with Gasteiger partial charge in [0.2, 0.25) is 13.1 Å². The first-order valence-electron chi connectivity index (χ1n) is 11.7. The van der Waals surface area contributed by atoms with E-state index in [9.17, 15) is 45.5 Å². The molecule has 260 valence electrons. The van der Waals surface area contributed by atoms with Gasteiger partial charge in [-0.25, -0.2) is 26.4 Å². The molecular formula is C22H26F6N4O12S2. The van der Waals surface area contributed by atoms with E-state index in [0.29, 0.717) is 24.3 Å². The largest absolute Gasteiger partial charge is 0.741 e. The molecule has 0 aliphatic heterocycles. The lowest BCUT2D eigenvalue weighted by atomic mass is 10.3. The van der Waals surface area contributed by atoms with Gasteiger partial charge in [-0.2, -0.15) is 35.5 Å². The van der Waals surface area contributed by atoms with Crippen molar-refractivity contribution in [3.8, 4) is 0 Å². The number of ether oxygens (including phenoxy) is 2. The number of rotatable bonds is 8. The molecule has 0 saturated carbocycles. The van der Waals surface area contributed by atoms with Crippen LogP contribution >= 0.6 is 0 Å². The lowest BCUT2D eigenvalue weighted by molar-refractivity contribution is -0.684. The summed E-state index contributed by atoms with van der Waals surface area (Å²) in [5.41, 5.74) is -0.418. The summed E-state index contributed by atoms with van der Waals surface area (Å²) in [4.78, 5) is 44.0. The smallest absolute Gasteiger partial charge is 0.485 e. The Morgan fingerprint density at radius 3 is 1.15 bits per heavy atom. The van der Waals surface area contributed by atoms with Crippen LogP contribution in [0.25, 0.3) is 0 Å². The third-order valence-corrected chi connectivity index (χ3v) is 5.12. The topological polar surface area (TPSA) is 261 Å². The molecule has 0 bridgehead atoms. The molecule has 0 radical (unpaired) electrons. The Bertz CT molecular complexity index is 1440. The van der Waals surface area contributed by atoms with Gasteiger partial charge in [-0.05, 0) is 26.0 Å². The highest BCUT2D eigenvalue weighted by molar-refractivity contribution is 7.86. The van der Waals surface area contributed by atoms with Gasteiger partial charge in [0.15, 0.2) is 45.0 Å². The molecule has 2 amide bonds. The molecule has 24 heteroatoms. The minimum Gasteiger partial charge on any atom is -0.741 e. The van der Waals surface area contributed by atoms with E-state index < -0.39 is 55.0 Å². The molecule has 2 aromatic rings. The van der Waals surface area contributed by atoms with Crippen molar-refractivity contribution < 1.29 is 90.1 Å². The summed E-state index contributed by atoms with van der Waals surface area (Å²) in [5, 5.41) is 0. The minimum atomic E-state index is -6.09. The fourth-order valence-electron chi connectivity index (χ4n) is 2.27. The SMILES string of the molecule is CCOC(=O)c1ccc[n+](CC(N)=O)c1.CCOC(=O)c1ccc[n+](CC(N)=O)c1.O=S(=O)([O-])C(F)(F)F.O=S(=O)([O-])C(F)(F)F. The standard InChI is InChI=1S/2C10H12N2O3.2CHF3O3S/c2*1-2-15-10(14)8-4-3-5-12(6-8)7-9(11)13;2*2-1(3,4)8(5,6)7/h2*3-6H,2,7H2,1H3,(H-,11,13);2*(H,5,6,7). The molecule has 4 N–H and O–H groups in total. The number of primary amides is 2. The molecule has 0 saturated heterocycles. The van der Waals surface area contributed by atoms with Crippen LogP contribution in [0.15, 0.2) is 49.1 Å². The second kappa shape index (κ2) is 19.2. The average Bonchev–Trinajstić information content (AvgIpc) is 2.87. The number of hydrogen-bond acceptors (Lipinski definition) is 12. The van der Waals surface area contributed by atoms with E-state index in [2.05, 4.69) is 0 Å². The summed E-state index contributed by atoms with van der Waals surface area (Å²) in [5.74, 6) is -1.73. The lowest BCUT2D eigenvalue weighted by Gasteiger charge is -2.08. The number of aromatic nitrogens is 2. The Morgan fingerprint density at radius 1 is 0.696 bits per heavy atom. The monoisotopic (exact) mass is 716 g/mol. The van der Waals surface area contributed by atoms with Crippen LogP contribution in [-0.4, -0.2) is 73.9 Å². The first-order valence-corrected chi connectivity index (χ1v) is 14.5. The van der Waals surface area contributed by atoms with Crippen LogP contribution in [0.1, 0.15) is 34.6 Å². The summed E-state index contributed by atoms with van der Waals surface area (Å²) in [6, 6.07) is 6.56. The van der Waals surface area contributed by atoms with Crippen molar-refractivity contribution in [2.24, 2.45) is 11.5 Å². The zero-order valence-electron chi connectivity index (χ0n) is 23.5. The van der Waals surface area contributed by atoms with Crippen molar-refractivity contribution in [2.75, 3.05) is 13.2 Å². The predicted octanol–water partition coefficient (Wildman–Crippen LogP) is -0.625. The molecule has 0 spiro atoms. The number of hydrogen-bond donors (Lipinski definition) is 2. The molecule has 2 rings (SSSR count). The van der Waals surface area contributed by atoms with Crippen LogP contribution in [-0.2, 0) is 52.4 Å². The number of halogens is 6. The number of carbonyl (C=O) groups is 4.